The molecule has 4 aromatic rings. The maximum absolute atomic E-state index is 14.0. The van der Waals surface area contributed by atoms with Gasteiger partial charge in [-0.15, -0.1) is 0 Å². The number of pyridine rings is 1. The third-order valence-corrected chi connectivity index (χ3v) is 6.50. The van der Waals surface area contributed by atoms with Crippen molar-refractivity contribution >= 4 is 22.5 Å². The quantitative estimate of drug-likeness (QED) is 0.340. The number of benzene rings is 2. The normalized spacial score (nSPS) is 15.6. The van der Waals surface area contributed by atoms with Gasteiger partial charge in [-0.1, -0.05) is 6.08 Å². The zero-order chi connectivity index (χ0) is 25.2. The van der Waals surface area contributed by atoms with Crippen molar-refractivity contribution in [1.29, 1.82) is 0 Å². The molecular weight excluding hydrogens is 467 g/mol. The molecule has 0 fully saturated rings. The van der Waals surface area contributed by atoms with Crippen molar-refractivity contribution in [3.05, 3.63) is 89.5 Å². The predicted octanol–water partition coefficient (Wildman–Crippen LogP) is 6.16. The van der Waals surface area contributed by atoms with Crippen LogP contribution in [0.25, 0.3) is 27.7 Å². The lowest BCUT2D eigenvalue weighted by Gasteiger charge is -2.21. The number of carbonyl (C=O) groups is 1. The summed E-state index contributed by atoms with van der Waals surface area (Å²) in [5.41, 5.74) is 4.47. The van der Waals surface area contributed by atoms with Gasteiger partial charge < -0.3 is 15.0 Å². The Labute approximate surface area is 206 Å². The highest BCUT2D eigenvalue weighted by Gasteiger charge is 2.23. The van der Waals surface area contributed by atoms with Crippen LogP contribution >= 0.6 is 0 Å². The van der Waals surface area contributed by atoms with Crippen LogP contribution in [0.2, 0.25) is 0 Å². The third kappa shape index (κ3) is 4.84. The van der Waals surface area contributed by atoms with E-state index >= 15 is 0 Å². The summed E-state index contributed by atoms with van der Waals surface area (Å²) >= 11 is 0. The summed E-state index contributed by atoms with van der Waals surface area (Å²) in [4.78, 5) is 20.4. The third-order valence-electron chi connectivity index (χ3n) is 6.50. The predicted molar refractivity (Wildman–Crippen MR) is 132 cm³/mol. The Morgan fingerprint density at radius 1 is 1.06 bits per heavy atom. The van der Waals surface area contributed by atoms with Crippen molar-refractivity contribution in [2.75, 3.05) is 7.11 Å². The number of rotatable bonds is 6. The minimum Gasteiger partial charge on any atom is -0.496 e. The summed E-state index contributed by atoms with van der Waals surface area (Å²) in [5.74, 6) is -1.49. The maximum Gasteiger partial charge on any atom is 0.223 e. The average Bonchev–Trinajstić information content (AvgIpc) is 3.31. The lowest BCUT2D eigenvalue weighted by Crippen LogP contribution is -2.31. The Hall–Kier alpha value is -4.07. The first-order valence-corrected chi connectivity index (χ1v) is 11.6. The highest BCUT2D eigenvalue weighted by atomic mass is 19.1. The molecule has 1 atom stereocenters. The average molecular weight is 492 g/mol. The van der Waals surface area contributed by atoms with E-state index in [1.807, 2.05) is 18.2 Å². The number of halogens is 3. The molecule has 0 spiro atoms. The largest absolute Gasteiger partial charge is 0.496 e. The van der Waals surface area contributed by atoms with Crippen LogP contribution < -0.4 is 10.1 Å². The van der Waals surface area contributed by atoms with Crippen LogP contribution in [-0.4, -0.2) is 23.0 Å². The van der Waals surface area contributed by atoms with Crippen molar-refractivity contribution in [2.45, 2.75) is 25.8 Å². The first-order valence-electron chi connectivity index (χ1n) is 11.6. The number of aromatic amines is 1. The molecule has 2 aromatic heterocycles. The molecule has 1 aliphatic carbocycles. The number of ether oxygens (including phenoxy) is 1. The minimum absolute atomic E-state index is 0.0700. The minimum atomic E-state index is -0.670. The van der Waals surface area contributed by atoms with Crippen molar-refractivity contribution in [2.24, 2.45) is 5.92 Å². The number of hydrogen-bond acceptors (Lipinski definition) is 3. The molecule has 1 amide bonds. The van der Waals surface area contributed by atoms with E-state index in [-0.39, 0.29) is 24.2 Å². The molecule has 0 aliphatic heterocycles. The van der Waals surface area contributed by atoms with Gasteiger partial charge in [-0.2, -0.15) is 0 Å². The van der Waals surface area contributed by atoms with Crippen molar-refractivity contribution < 1.29 is 22.7 Å². The van der Waals surface area contributed by atoms with E-state index < -0.39 is 11.6 Å². The Morgan fingerprint density at radius 3 is 2.58 bits per heavy atom. The van der Waals surface area contributed by atoms with Crippen LogP contribution in [0.5, 0.6) is 5.75 Å². The van der Waals surface area contributed by atoms with Crippen molar-refractivity contribution in [1.82, 2.24) is 15.3 Å². The molecule has 5 rings (SSSR count). The number of allylic oxidation sites excluding steroid dienone is 2. The second-order valence-corrected chi connectivity index (χ2v) is 8.84. The molecule has 0 saturated heterocycles. The Bertz CT molecular complexity index is 1460. The van der Waals surface area contributed by atoms with Gasteiger partial charge in [-0.3, -0.25) is 4.79 Å². The molecule has 2 heterocycles. The second kappa shape index (κ2) is 9.89. The fourth-order valence-corrected chi connectivity index (χ4v) is 4.69. The van der Waals surface area contributed by atoms with E-state index in [1.165, 1.54) is 24.3 Å². The van der Waals surface area contributed by atoms with Gasteiger partial charge in [0.05, 0.1) is 7.11 Å². The number of carbonyl (C=O) groups excluding carboxylic acids is 1. The van der Waals surface area contributed by atoms with Gasteiger partial charge >= 0.3 is 0 Å². The summed E-state index contributed by atoms with van der Waals surface area (Å²) in [5, 5.41) is 3.63. The first kappa shape index (κ1) is 23.7. The summed E-state index contributed by atoms with van der Waals surface area (Å²) < 4.78 is 46.2. The van der Waals surface area contributed by atoms with Crippen LogP contribution in [0.15, 0.2) is 60.8 Å². The second-order valence-electron chi connectivity index (χ2n) is 8.84. The lowest BCUT2D eigenvalue weighted by molar-refractivity contribution is -0.125. The number of H-pyrrole nitrogens is 1. The number of amides is 1. The van der Waals surface area contributed by atoms with E-state index in [0.29, 0.717) is 41.8 Å². The van der Waals surface area contributed by atoms with Gasteiger partial charge in [-0.05, 0) is 78.4 Å². The molecule has 0 radical (unpaired) electrons. The number of aromatic nitrogens is 2. The van der Waals surface area contributed by atoms with Crippen LogP contribution in [-0.2, 0) is 11.3 Å². The van der Waals surface area contributed by atoms with Gasteiger partial charge in [0.25, 0.3) is 0 Å². The Balaban J connectivity index is 1.32. The number of nitrogens with zero attached hydrogens (tertiary/aromatic N) is 1. The van der Waals surface area contributed by atoms with Crippen molar-refractivity contribution in [3.8, 4) is 16.9 Å². The standard InChI is InChI=1S/C28H24F3N3O2/c1-36-26-7-6-19(29)13-23(26)22-8-9-32-27-24(22)14-25(34-27)17-2-4-18(5-3-17)28(35)33-15-16-10-20(30)12-21(31)11-16/h2,6-14,18H,3-5,15H2,1H3,(H,32,34)(H,33,35). The molecule has 8 heteroatoms. The number of nitrogens with one attached hydrogen (secondary N) is 2. The van der Waals surface area contributed by atoms with Crippen molar-refractivity contribution in [3.63, 3.8) is 0 Å². The van der Waals surface area contributed by atoms with E-state index in [1.54, 1.807) is 19.4 Å². The lowest BCUT2D eigenvalue weighted by atomic mass is 9.87. The molecule has 1 aliphatic rings. The maximum atomic E-state index is 14.0. The Morgan fingerprint density at radius 2 is 1.86 bits per heavy atom. The number of methoxy groups -OCH3 is 1. The molecular formula is C28H24F3N3O2. The zero-order valence-corrected chi connectivity index (χ0v) is 19.6. The summed E-state index contributed by atoms with van der Waals surface area (Å²) in [6.45, 7) is 0.0700. The van der Waals surface area contributed by atoms with E-state index in [0.717, 1.165) is 28.3 Å². The van der Waals surface area contributed by atoms with Crippen LogP contribution in [0.4, 0.5) is 13.2 Å². The van der Waals surface area contributed by atoms with Gasteiger partial charge in [0, 0.05) is 41.4 Å². The van der Waals surface area contributed by atoms with Gasteiger partial charge in [0.15, 0.2) is 0 Å². The SMILES string of the molecule is COc1ccc(F)cc1-c1ccnc2[nH]c(C3=CCC(C(=O)NCc4cc(F)cc(F)c4)CC3)cc12. The van der Waals surface area contributed by atoms with Crippen LogP contribution in [0.1, 0.15) is 30.5 Å². The van der Waals surface area contributed by atoms with Crippen LogP contribution in [0.3, 0.4) is 0 Å². The highest BCUT2D eigenvalue weighted by molar-refractivity contribution is 5.96. The van der Waals surface area contributed by atoms with E-state index in [2.05, 4.69) is 15.3 Å². The number of fused-ring (bicyclic) bond motifs is 1. The molecule has 0 bridgehead atoms. The fourth-order valence-electron chi connectivity index (χ4n) is 4.69. The van der Waals surface area contributed by atoms with Crippen LogP contribution in [0, 0.1) is 23.4 Å². The molecule has 0 saturated carbocycles. The molecule has 2 aromatic carbocycles. The summed E-state index contributed by atoms with van der Waals surface area (Å²) in [6, 6.07) is 11.4. The highest BCUT2D eigenvalue weighted by Crippen LogP contribution is 2.37. The first-order chi connectivity index (χ1) is 17.4. The molecule has 184 valence electrons. The molecule has 2 N–H and O–H groups in total. The van der Waals surface area contributed by atoms with Gasteiger partial charge in [0.2, 0.25) is 5.91 Å². The fraction of sp³-hybridized carbons (Fsp3) is 0.214. The Kier molecular flexibility index (Phi) is 6.50. The van der Waals surface area contributed by atoms with Gasteiger partial charge in [0.1, 0.15) is 28.8 Å². The molecule has 36 heavy (non-hydrogen) atoms. The monoisotopic (exact) mass is 491 g/mol. The zero-order valence-electron chi connectivity index (χ0n) is 19.6. The molecule has 5 nitrogen and oxygen atoms in total. The molecule has 1 unspecified atom stereocenters. The summed E-state index contributed by atoms with van der Waals surface area (Å²) in [6.07, 6.45) is 5.57. The van der Waals surface area contributed by atoms with E-state index in [4.69, 9.17) is 4.74 Å². The smallest absolute Gasteiger partial charge is 0.223 e. The number of hydrogen-bond donors (Lipinski definition) is 2. The van der Waals surface area contributed by atoms with Gasteiger partial charge in [-0.25, -0.2) is 18.2 Å². The summed E-state index contributed by atoms with van der Waals surface area (Å²) in [7, 11) is 1.55. The van der Waals surface area contributed by atoms with E-state index in [9.17, 15) is 18.0 Å². The topological polar surface area (TPSA) is 67.0 Å².